The smallest absolute Gasteiger partial charge is 0.137 e. The number of hydrogen-bond acceptors (Lipinski definition) is 3. The lowest BCUT2D eigenvalue weighted by atomic mass is 9.90. The van der Waals surface area contributed by atoms with E-state index in [1.165, 1.54) is 36.8 Å². The fourth-order valence-electron chi connectivity index (χ4n) is 2.79. The van der Waals surface area contributed by atoms with Crippen LogP contribution in [0.1, 0.15) is 31.2 Å². The Morgan fingerprint density at radius 1 is 1.30 bits per heavy atom. The number of aromatic nitrogens is 1. The van der Waals surface area contributed by atoms with Gasteiger partial charge in [-0.2, -0.15) is 0 Å². The maximum Gasteiger partial charge on any atom is 0.137 e. The van der Waals surface area contributed by atoms with Crippen LogP contribution >= 0.6 is 12.4 Å². The number of nitrogens with zero attached hydrogens (tertiary/aromatic N) is 2. The van der Waals surface area contributed by atoms with Gasteiger partial charge in [0.15, 0.2) is 0 Å². The van der Waals surface area contributed by atoms with Gasteiger partial charge in [-0.15, -0.1) is 12.4 Å². The van der Waals surface area contributed by atoms with E-state index in [0.717, 1.165) is 12.3 Å². The van der Waals surface area contributed by atoms with Crippen molar-refractivity contribution in [1.82, 2.24) is 9.88 Å². The minimum atomic E-state index is 0. The molecule has 1 aromatic heterocycles. The van der Waals surface area contributed by atoms with Gasteiger partial charge in [-0.3, -0.25) is 4.98 Å². The van der Waals surface area contributed by atoms with E-state index in [1.807, 2.05) is 6.20 Å². The van der Waals surface area contributed by atoms with Crippen LogP contribution in [0.4, 0.5) is 0 Å². The first kappa shape index (κ1) is 17.0. The fraction of sp³-hybridized carbons (Fsp3) is 0.562. The number of pyridine rings is 1. The predicted molar refractivity (Wildman–Crippen MR) is 86.5 cm³/mol. The molecule has 1 aliphatic carbocycles. The molecule has 0 fully saturated rings. The Hall–Kier alpha value is -1.06. The maximum absolute atomic E-state index is 5.29. The Morgan fingerprint density at radius 2 is 2.10 bits per heavy atom. The number of halogens is 1. The molecule has 0 saturated heterocycles. The highest BCUT2D eigenvalue weighted by molar-refractivity contribution is 5.85. The van der Waals surface area contributed by atoms with Crippen LogP contribution in [0.5, 0.6) is 5.75 Å². The van der Waals surface area contributed by atoms with E-state index in [-0.39, 0.29) is 12.4 Å². The van der Waals surface area contributed by atoms with Gasteiger partial charge in [0, 0.05) is 12.7 Å². The Bertz CT molecular complexity index is 446. The second-order valence-electron chi connectivity index (χ2n) is 5.52. The van der Waals surface area contributed by atoms with Gasteiger partial charge in [0.25, 0.3) is 0 Å². The summed E-state index contributed by atoms with van der Waals surface area (Å²) in [5.41, 5.74) is 2.66. The normalized spacial score (nSPS) is 19.0. The van der Waals surface area contributed by atoms with Crippen LogP contribution < -0.4 is 4.74 Å². The topological polar surface area (TPSA) is 25.4 Å². The lowest BCUT2D eigenvalue weighted by Crippen LogP contribution is -2.22. The van der Waals surface area contributed by atoms with E-state index in [1.54, 1.807) is 13.3 Å². The summed E-state index contributed by atoms with van der Waals surface area (Å²) >= 11 is 0. The third-order valence-corrected chi connectivity index (χ3v) is 3.68. The molecule has 112 valence electrons. The van der Waals surface area contributed by atoms with Crippen LogP contribution in [0.2, 0.25) is 0 Å². The summed E-state index contributed by atoms with van der Waals surface area (Å²) in [7, 11) is 5.98. The summed E-state index contributed by atoms with van der Waals surface area (Å²) in [4.78, 5) is 6.57. The molecule has 4 heteroatoms. The van der Waals surface area contributed by atoms with Gasteiger partial charge in [-0.1, -0.05) is 12.5 Å². The second-order valence-corrected chi connectivity index (χ2v) is 5.52. The van der Waals surface area contributed by atoms with E-state index in [9.17, 15) is 0 Å². The molecule has 1 unspecified atom stereocenters. The molecule has 0 radical (unpaired) electrons. The molecule has 0 amide bonds. The number of hydrogen-bond donors (Lipinski definition) is 0. The number of methoxy groups -OCH3 is 1. The van der Waals surface area contributed by atoms with Gasteiger partial charge in [-0.05, 0) is 56.5 Å². The number of allylic oxidation sites excluding steroid dienone is 1. The Balaban J connectivity index is 0.00000200. The molecular weight excluding hydrogens is 272 g/mol. The molecule has 20 heavy (non-hydrogen) atoms. The van der Waals surface area contributed by atoms with Crippen molar-refractivity contribution in [2.45, 2.75) is 25.7 Å². The van der Waals surface area contributed by atoms with Crippen LogP contribution in [0.3, 0.4) is 0 Å². The maximum atomic E-state index is 5.29. The molecule has 1 atom stereocenters. The molecule has 2 rings (SSSR count). The average Bonchev–Trinajstić information content (AvgIpc) is 2.63. The zero-order valence-corrected chi connectivity index (χ0v) is 13.4. The lowest BCUT2D eigenvalue weighted by Gasteiger charge is -2.23. The van der Waals surface area contributed by atoms with Gasteiger partial charge >= 0.3 is 0 Å². The van der Waals surface area contributed by atoms with Crippen LogP contribution in [-0.2, 0) is 0 Å². The minimum absolute atomic E-state index is 0. The third kappa shape index (κ3) is 4.50. The molecule has 0 bridgehead atoms. The van der Waals surface area contributed by atoms with E-state index in [0.29, 0.717) is 5.92 Å². The summed E-state index contributed by atoms with van der Waals surface area (Å²) in [6, 6.07) is 2.10. The van der Waals surface area contributed by atoms with E-state index >= 15 is 0 Å². The van der Waals surface area contributed by atoms with Crippen LogP contribution in [0.15, 0.2) is 24.5 Å². The van der Waals surface area contributed by atoms with Crippen LogP contribution in [0, 0.1) is 5.92 Å². The molecule has 0 aliphatic heterocycles. The summed E-state index contributed by atoms with van der Waals surface area (Å²) in [6.45, 7) is 1.10. The van der Waals surface area contributed by atoms with Crippen molar-refractivity contribution in [3.05, 3.63) is 30.1 Å². The van der Waals surface area contributed by atoms with Gasteiger partial charge < -0.3 is 9.64 Å². The Labute approximate surface area is 128 Å². The molecule has 1 aliphatic rings. The van der Waals surface area contributed by atoms with E-state index < -0.39 is 0 Å². The molecule has 3 nitrogen and oxygen atoms in total. The van der Waals surface area contributed by atoms with Crippen molar-refractivity contribution in [2.24, 2.45) is 5.92 Å². The molecule has 0 aromatic carbocycles. The molecule has 0 spiro atoms. The highest BCUT2D eigenvalue weighted by Crippen LogP contribution is 2.32. The average molecular weight is 297 g/mol. The highest BCUT2D eigenvalue weighted by atomic mass is 35.5. The standard InChI is InChI=1S/C16H24N2O.ClH/c1-18(2)12-13-7-5-4-6-8-16(13)14-9-15(19-3)11-17-10-14;/h8-11,13H,4-7,12H2,1-3H3;1H. The quantitative estimate of drug-likeness (QED) is 0.848. The SMILES string of the molecule is COc1cncc(C2=CCCCCC2CN(C)C)c1.Cl. The van der Waals surface area contributed by atoms with Gasteiger partial charge in [-0.25, -0.2) is 0 Å². The first-order chi connectivity index (χ1) is 9.20. The molecule has 0 N–H and O–H groups in total. The van der Waals surface area contributed by atoms with Crippen molar-refractivity contribution >= 4 is 18.0 Å². The van der Waals surface area contributed by atoms with Crippen LogP contribution in [0.25, 0.3) is 5.57 Å². The van der Waals surface area contributed by atoms with Gasteiger partial charge in [0.05, 0.1) is 13.3 Å². The number of rotatable bonds is 4. The summed E-state index contributed by atoms with van der Waals surface area (Å²) in [5, 5.41) is 0. The fourth-order valence-corrected chi connectivity index (χ4v) is 2.79. The lowest BCUT2D eigenvalue weighted by molar-refractivity contribution is 0.351. The van der Waals surface area contributed by atoms with E-state index in [2.05, 4.69) is 36.1 Å². The predicted octanol–water partition coefficient (Wildman–Crippen LogP) is 3.65. The van der Waals surface area contributed by atoms with Crippen molar-refractivity contribution in [1.29, 1.82) is 0 Å². The van der Waals surface area contributed by atoms with Crippen LogP contribution in [-0.4, -0.2) is 37.6 Å². The van der Waals surface area contributed by atoms with E-state index in [4.69, 9.17) is 4.74 Å². The van der Waals surface area contributed by atoms with Crippen molar-refractivity contribution in [3.63, 3.8) is 0 Å². The first-order valence-electron chi connectivity index (χ1n) is 7.05. The molecule has 1 aromatic rings. The zero-order valence-electron chi connectivity index (χ0n) is 12.6. The first-order valence-corrected chi connectivity index (χ1v) is 7.05. The molecule has 1 heterocycles. The third-order valence-electron chi connectivity index (χ3n) is 3.68. The highest BCUT2D eigenvalue weighted by Gasteiger charge is 2.19. The van der Waals surface area contributed by atoms with Crippen molar-refractivity contribution in [3.8, 4) is 5.75 Å². The monoisotopic (exact) mass is 296 g/mol. The summed E-state index contributed by atoms with van der Waals surface area (Å²) in [6.07, 6.45) is 11.2. The molecule has 0 saturated carbocycles. The van der Waals surface area contributed by atoms with Gasteiger partial charge in [0.2, 0.25) is 0 Å². The minimum Gasteiger partial charge on any atom is -0.495 e. The van der Waals surface area contributed by atoms with Crippen molar-refractivity contribution in [2.75, 3.05) is 27.7 Å². The molecular formula is C16H25ClN2O. The number of ether oxygens (including phenoxy) is 1. The second kappa shape index (κ2) is 8.28. The largest absolute Gasteiger partial charge is 0.495 e. The van der Waals surface area contributed by atoms with Gasteiger partial charge in [0.1, 0.15) is 5.75 Å². The Morgan fingerprint density at radius 3 is 2.80 bits per heavy atom. The summed E-state index contributed by atoms with van der Waals surface area (Å²) in [5.74, 6) is 1.44. The Kier molecular flexibility index (Phi) is 7.03. The zero-order chi connectivity index (χ0) is 13.7. The summed E-state index contributed by atoms with van der Waals surface area (Å²) < 4.78 is 5.29. The van der Waals surface area contributed by atoms with Crippen molar-refractivity contribution < 1.29 is 4.74 Å².